The first-order valence-electron chi connectivity index (χ1n) is 10.5. The fraction of sp³-hybridized carbons (Fsp3) is 0.300. The second-order valence-corrected chi connectivity index (χ2v) is 11.7. The average molecular weight is 575 g/mol. The van der Waals surface area contributed by atoms with Crippen molar-refractivity contribution in [2.24, 2.45) is 0 Å². The van der Waals surface area contributed by atoms with E-state index in [2.05, 4.69) is 18.8 Å². The summed E-state index contributed by atoms with van der Waals surface area (Å²) in [5.74, 6) is -0.945. The highest BCUT2D eigenvalue weighted by Crippen LogP contribution is 2.57. The molecule has 0 radical (unpaired) electrons. The first-order valence-corrected chi connectivity index (χ1v) is 14.3. The van der Waals surface area contributed by atoms with Gasteiger partial charge in [-0.2, -0.15) is 8.88 Å². The summed E-state index contributed by atoms with van der Waals surface area (Å²) in [6.45, 7) is 2.77. The number of carboxylic acids is 1. The average Bonchev–Trinajstić information content (AvgIpc) is 3.09. The maximum atomic E-state index is 12.4. The molecular weight excluding hydrogens is 550 g/mol. The highest BCUT2D eigenvalue weighted by molar-refractivity contribution is 7.60. The predicted molar refractivity (Wildman–Crippen MR) is 129 cm³/mol. The molecule has 0 amide bonds. The number of thiazole rings is 1. The van der Waals surface area contributed by atoms with Gasteiger partial charge in [0.05, 0.1) is 17.0 Å². The predicted octanol–water partition coefficient (Wildman–Crippen LogP) is 1.16. The molecule has 2 unspecified atom stereocenters. The second-order valence-electron chi connectivity index (χ2n) is 7.84. The summed E-state index contributed by atoms with van der Waals surface area (Å²) in [7, 11) is -10.4. The molecular formula is C20H25N4O10P2S+. The number of nitrogen functional groups attached to an aromatic ring is 1. The molecule has 14 nitrogen and oxygen atoms in total. The van der Waals surface area contributed by atoms with Gasteiger partial charge in [0.1, 0.15) is 11.6 Å². The third kappa shape index (κ3) is 6.85. The van der Waals surface area contributed by atoms with Crippen LogP contribution in [0.4, 0.5) is 5.82 Å². The largest absolute Gasteiger partial charge is 0.481 e. The number of hydrogen-bond acceptors (Lipinski definition) is 10. The minimum absolute atomic E-state index is 0.00248. The summed E-state index contributed by atoms with van der Waals surface area (Å²) in [5, 5.41) is 21.6. The van der Waals surface area contributed by atoms with Crippen LogP contribution in [0, 0.1) is 13.8 Å². The number of anilines is 1. The van der Waals surface area contributed by atoms with Gasteiger partial charge in [-0.1, -0.05) is 41.7 Å². The van der Waals surface area contributed by atoms with Gasteiger partial charge in [-0.05, 0) is 6.92 Å². The van der Waals surface area contributed by atoms with Crippen LogP contribution in [0.15, 0.2) is 36.5 Å². The zero-order valence-corrected chi connectivity index (χ0v) is 22.2. The van der Waals surface area contributed by atoms with Gasteiger partial charge in [-0.15, -0.1) is 0 Å². The molecule has 2 atom stereocenters. The van der Waals surface area contributed by atoms with E-state index in [9.17, 15) is 29.0 Å². The molecule has 0 bridgehead atoms. The standard InChI is InChI=1S/C20H24N4O10P2S/c1-12-16(8-9-33-36(31,32)34-35(28,29)30)37-18(20(27,19(25)26)15-6-4-3-5-7-15)24(12)11-14-10-22-13(2)23-17(14)21/h3-7,10,27H,8-9,11H2,1-2H3,(H5-,21,22,23,25,26,28,29,30,31,32)/p+1. The van der Waals surface area contributed by atoms with Crippen LogP contribution < -0.4 is 10.3 Å². The van der Waals surface area contributed by atoms with Gasteiger partial charge in [0.15, 0.2) is 12.2 Å². The number of aryl methyl sites for hydroxylation is 1. The number of carboxylic acid groups (broad SMARTS) is 1. The number of aromatic nitrogens is 3. The van der Waals surface area contributed by atoms with Gasteiger partial charge in [0, 0.05) is 25.1 Å². The normalized spacial score (nSPS) is 15.2. The lowest BCUT2D eigenvalue weighted by Gasteiger charge is -2.20. The van der Waals surface area contributed by atoms with E-state index in [4.69, 9.17) is 15.5 Å². The Morgan fingerprint density at radius 2 is 1.84 bits per heavy atom. The van der Waals surface area contributed by atoms with Crippen LogP contribution in [0.5, 0.6) is 0 Å². The lowest BCUT2D eigenvalue weighted by Crippen LogP contribution is -2.50. The van der Waals surface area contributed by atoms with Crippen LogP contribution >= 0.6 is 27.0 Å². The van der Waals surface area contributed by atoms with Crippen molar-refractivity contribution in [3.8, 4) is 0 Å². The highest BCUT2D eigenvalue weighted by atomic mass is 32.1. The van der Waals surface area contributed by atoms with Crippen molar-refractivity contribution in [2.45, 2.75) is 32.4 Å². The number of benzene rings is 1. The summed E-state index contributed by atoms with van der Waals surface area (Å²) in [5.41, 5.74) is 4.57. The third-order valence-electron chi connectivity index (χ3n) is 5.22. The van der Waals surface area contributed by atoms with Crippen LogP contribution in [-0.2, 0) is 41.3 Å². The van der Waals surface area contributed by atoms with Crippen LogP contribution in [0.1, 0.15) is 32.5 Å². The van der Waals surface area contributed by atoms with Crippen molar-refractivity contribution in [2.75, 3.05) is 12.3 Å². The Morgan fingerprint density at radius 1 is 1.19 bits per heavy atom. The quantitative estimate of drug-likeness (QED) is 0.140. The number of rotatable bonds is 11. The Bertz CT molecular complexity index is 1400. The lowest BCUT2D eigenvalue weighted by molar-refractivity contribution is -0.701. The zero-order valence-electron chi connectivity index (χ0n) is 19.6. The Kier molecular flexibility index (Phi) is 8.64. The van der Waals surface area contributed by atoms with Gasteiger partial charge in [-0.25, -0.2) is 23.9 Å². The highest BCUT2D eigenvalue weighted by Gasteiger charge is 2.50. The molecule has 0 fully saturated rings. The van der Waals surface area contributed by atoms with Gasteiger partial charge >= 0.3 is 21.6 Å². The maximum Gasteiger partial charge on any atom is 0.481 e. The van der Waals surface area contributed by atoms with Crippen molar-refractivity contribution in [1.82, 2.24) is 9.97 Å². The van der Waals surface area contributed by atoms with Crippen molar-refractivity contribution < 1.29 is 52.2 Å². The van der Waals surface area contributed by atoms with Crippen molar-refractivity contribution in [1.29, 1.82) is 0 Å². The molecule has 0 aliphatic heterocycles. The van der Waals surface area contributed by atoms with E-state index in [1.54, 1.807) is 32.0 Å². The maximum absolute atomic E-state index is 12.4. The molecule has 1 aromatic carbocycles. The number of carbonyl (C=O) groups is 1. The Balaban J connectivity index is 2.06. The van der Waals surface area contributed by atoms with Crippen LogP contribution in [0.3, 0.4) is 0 Å². The van der Waals surface area contributed by atoms with Crippen molar-refractivity contribution in [3.63, 3.8) is 0 Å². The molecule has 200 valence electrons. The molecule has 37 heavy (non-hydrogen) atoms. The van der Waals surface area contributed by atoms with Gasteiger partial charge < -0.3 is 30.6 Å². The molecule has 3 rings (SSSR count). The van der Waals surface area contributed by atoms with E-state index < -0.39 is 33.8 Å². The van der Waals surface area contributed by atoms with Crippen LogP contribution in [0.2, 0.25) is 0 Å². The molecule has 7 N–H and O–H groups in total. The SMILES string of the molecule is Cc1ncc(C[n+]2c(C(O)(C(=O)O)c3ccccc3)sc(CCOP(=O)(O)OP(=O)(O)O)c2C)c(N)n1. The first-order chi connectivity index (χ1) is 17.1. The van der Waals surface area contributed by atoms with Crippen LogP contribution in [0.25, 0.3) is 0 Å². The summed E-state index contributed by atoms with van der Waals surface area (Å²) < 4.78 is 32.6. The van der Waals surface area contributed by atoms with Gasteiger partial charge in [-0.3, -0.25) is 4.52 Å². The van der Waals surface area contributed by atoms with Gasteiger partial charge in [0.25, 0.3) is 10.6 Å². The third-order valence-corrected chi connectivity index (χ3v) is 8.86. The Morgan fingerprint density at radius 3 is 2.41 bits per heavy atom. The number of phosphoric acid groups is 2. The summed E-state index contributed by atoms with van der Waals surface area (Å²) in [4.78, 5) is 48.2. The zero-order chi connectivity index (χ0) is 27.6. The molecule has 0 aliphatic carbocycles. The summed E-state index contributed by atoms with van der Waals surface area (Å²) >= 11 is 0.913. The molecule has 0 spiro atoms. The van der Waals surface area contributed by atoms with E-state index >= 15 is 0 Å². The van der Waals surface area contributed by atoms with E-state index in [0.29, 0.717) is 22.0 Å². The van der Waals surface area contributed by atoms with E-state index in [1.807, 2.05) is 0 Å². The smallest absolute Gasteiger partial charge is 0.478 e. The number of aliphatic hydroxyl groups is 1. The fourth-order valence-electron chi connectivity index (χ4n) is 3.47. The number of nitrogens with two attached hydrogens (primary N) is 1. The van der Waals surface area contributed by atoms with E-state index in [-0.39, 0.29) is 29.4 Å². The minimum atomic E-state index is -5.29. The molecule has 2 aromatic heterocycles. The topological polar surface area (TPSA) is 226 Å². The molecule has 3 aromatic rings. The summed E-state index contributed by atoms with van der Waals surface area (Å²) in [6, 6.07) is 7.74. The monoisotopic (exact) mass is 575 g/mol. The van der Waals surface area contributed by atoms with Crippen molar-refractivity contribution >= 4 is 38.8 Å². The molecule has 17 heteroatoms. The number of hydrogen-bond donors (Lipinski definition) is 6. The first kappa shape index (κ1) is 29.0. The van der Waals surface area contributed by atoms with Gasteiger partial charge in [0.2, 0.25) is 0 Å². The molecule has 2 heterocycles. The minimum Gasteiger partial charge on any atom is -0.478 e. The number of phosphoric ester groups is 1. The molecule has 0 saturated carbocycles. The second kappa shape index (κ2) is 11.0. The van der Waals surface area contributed by atoms with Crippen molar-refractivity contribution in [3.05, 3.63) is 69.1 Å². The van der Waals surface area contributed by atoms with E-state index in [1.165, 1.54) is 22.9 Å². The number of nitrogens with zero attached hydrogens (tertiary/aromatic N) is 3. The molecule has 0 aliphatic rings. The lowest BCUT2D eigenvalue weighted by atomic mass is 9.94. The Hall–Kier alpha value is -2.58. The summed E-state index contributed by atoms with van der Waals surface area (Å²) in [6.07, 6.45) is 1.40. The molecule has 0 saturated heterocycles. The fourth-order valence-corrected chi connectivity index (χ4v) is 6.40. The van der Waals surface area contributed by atoms with Crippen LogP contribution in [-0.4, -0.2) is 47.4 Å². The Labute approximate surface area is 214 Å². The number of aliphatic carboxylic acids is 1. The van der Waals surface area contributed by atoms with E-state index in [0.717, 1.165) is 11.3 Å².